The summed E-state index contributed by atoms with van der Waals surface area (Å²) < 4.78 is 0. The normalized spacial score (nSPS) is 23.6. The molecule has 1 aliphatic carbocycles. The number of carbonyl (C=O) groups is 3. The van der Waals surface area contributed by atoms with Gasteiger partial charge >= 0.3 is 6.03 Å². The summed E-state index contributed by atoms with van der Waals surface area (Å²) in [5.41, 5.74) is 0.436. The second-order valence-corrected chi connectivity index (χ2v) is 6.20. The summed E-state index contributed by atoms with van der Waals surface area (Å²) in [4.78, 5) is 37.5. The molecule has 1 saturated heterocycles. The number of imide groups is 1. The summed E-state index contributed by atoms with van der Waals surface area (Å²) in [5, 5.41) is 8.77. The van der Waals surface area contributed by atoms with Crippen LogP contribution < -0.4 is 16.0 Å². The largest absolute Gasteiger partial charge is 0.351 e. The lowest BCUT2D eigenvalue weighted by Gasteiger charge is -2.20. The zero-order chi connectivity index (χ0) is 15.6. The van der Waals surface area contributed by atoms with Gasteiger partial charge in [0.05, 0.1) is 0 Å². The maximum Gasteiger partial charge on any atom is 0.325 e. The van der Waals surface area contributed by atoms with E-state index in [0.29, 0.717) is 19.4 Å². The highest BCUT2D eigenvalue weighted by atomic mass is 16.2. The van der Waals surface area contributed by atoms with Crippen LogP contribution in [0.3, 0.4) is 0 Å². The molecule has 0 aromatic carbocycles. The summed E-state index contributed by atoms with van der Waals surface area (Å²) in [5.74, 6) is -0.538. The maximum absolute atomic E-state index is 12.4. The van der Waals surface area contributed by atoms with Gasteiger partial charge in [0.1, 0.15) is 12.1 Å². The van der Waals surface area contributed by atoms with Crippen molar-refractivity contribution in [1.29, 1.82) is 0 Å². The van der Waals surface area contributed by atoms with E-state index in [-0.39, 0.29) is 18.4 Å². The molecule has 2 aliphatic heterocycles. The van der Waals surface area contributed by atoms with Crippen LogP contribution in [0.5, 0.6) is 0 Å². The van der Waals surface area contributed by atoms with Crippen molar-refractivity contribution >= 4 is 17.8 Å². The van der Waals surface area contributed by atoms with E-state index in [1.165, 1.54) is 5.57 Å². The first-order chi connectivity index (χ1) is 10.6. The van der Waals surface area contributed by atoms with Crippen molar-refractivity contribution in [2.75, 3.05) is 26.2 Å². The molecule has 3 rings (SSSR count). The Labute approximate surface area is 129 Å². The van der Waals surface area contributed by atoms with Crippen LogP contribution in [0, 0.1) is 0 Å². The van der Waals surface area contributed by atoms with Crippen LogP contribution in [0.4, 0.5) is 4.79 Å². The topological polar surface area (TPSA) is 90.5 Å². The second kappa shape index (κ2) is 6.08. The minimum atomic E-state index is -0.741. The molecular weight excluding hydrogens is 284 g/mol. The van der Waals surface area contributed by atoms with E-state index >= 15 is 0 Å². The van der Waals surface area contributed by atoms with Gasteiger partial charge in [-0.1, -0.05) is 24.5 Å². The van der Waals surface area contributed by atoms with Gasteiger partial charge < -0.3 is 16.0 Å². The molecule has 2 heterocycles. The highest BCUT2D eigenvalue weighted by molar-refractivity contribution is 6.09. The van der Waals surface area contributed by atoms with E-state index in [4.69, 9.17) is 0 Å². The van der Waals surface area contributed by atoms with E-state index in [1.807, 2.05) is 0 Å². The summed E-state index contributed by atoms with van der Waals surface area (Å²) >= 11 is 0. The van der Waals surface area contributed by atoms with Crippen LogP contribution in [0.1, 0.15) is 32.1 Å². The molecule has 3 N–H and O–H groups in total. The van der Waals surface area contributed by atoms with E-state index in [0.717, 1.165) is 37.3 Å². The number of urea groups is 1. The van der Waals surface area contributed by atoms with Crippen molar-refractivity contribution in [1.82, 2.24) is 20.9 Å². The molecule has 4 amide bonds. The van der Waals surface area contributed by atoms with Gasteiger partial charge in [0.2, 0.25) is 5.91 Å². The van der Waals surface area contributed by atoms with Crippen molar-refractivity contribution in [3.63, 3.8) is 0 Å². The van der Waals surface area contributed by atoms with E-state index in [2.05, 4.69) is 22.0 Å². The number of amides is 4. The Hall–Kier alpha value is -1.89. The van der Waals surface area contributed by atoms with E-state index in [1.54, 1.807) is 0 Å². The predicted molar refractivity (Wildman–Crippen MR) is 80.0 cm³/mol. The third-order valence-corrected chi connectivity index (χ3v) is 4.68. The van der Waals surface area contributed by atoms with Crippen molar-refractivity contribution in [3.05, 3.63) is 11.6 Å². The molecule has 0 unspecified atom stereocenters. The number of nitrogens with one attached hydrogen (secondary N) is 3. The fourth-order valence-corrected chi connectivity index (χ4v) is 3.38. The minimum Gasteiger partial charge on any atom is -0.351 e. The Morgan fingerprint density at radius 2 is 2.09 bits per heavy atom. The van der Waals surface area contributed by atoms with Gasteiger partial charge in [-0.25, -0.2) is 4.79 Å². The summed E-state index contributed by atoms with van der Waals surface area (Å²) in [6.07, 6.45) is 6.20. The molecule has 22 heavy (non-hydrogen) atoms. The fourth-order valence-electron chi connectivity index (χ4n) is 3.38. The Balaban J connectivity index is 1.53. The second-order valence-electron chi connectivity index (χ2n) is 6.20. The van der Waals surface area contributed by atoms with Crippen LogP contribution >= 0.6 is 0 Å². The summed E-state index contributed by atoms with van der Waals surface area (Å²) in [6, 6.07) is -0.442. The number of rotatable bonds is 4. The molecule has 0 radical (unpaired) electrons. The first-order valence-corrected chi connectivity index (χ1v) is 7.90. The molecular formula is C15H22N4O3. The van der Waals surface area contributed by atoms with Crippen LogP contribution in [0.2, 0.25) is 0 Å². The number of hydrogen-bond acceptors (Lipinski definition) is 4. The Bertz CT molecular complexity index is 523. The van der Waals surface area contributed by atoms with Crippen molar-refractivity contribution in [3.8, 4) is 0 Å². The van der Waals surface area contributed by atoms with Crippen LogP contribution in [0.15, 0.2) is 11.6 Å². The van der Waals surface area contributed by atoms with Gasteiger partial charge in [-0.05, 0) is 25.8 Å². The van der Waals surface area contributed by atoms with Gasteiger partial charge in [-0.2, -0.15) is 0 Å². The maximum atomic E-state index is 12.4. The average Bonchev–Trinajstić information content (AvgIpc) is 3.08. The third-order valence-electron chi connectivity index (χ3n) is 4.68. The average molecular weight is 306 g/mol. The predicted octanol–water partition coefficient (Wildman–Crippen LogP) is -0.113. The van der Waals surface area contributed by atoms with E-state index in [9.17, 15) is 14.4 Å². The molecule has 7 heteroatoms. The molecule has 120 valence electrons. The zero-order valence-electron chi connectivity index (χ0n) is 12.6. The first kappa shape index (κ1) is 15.0. The third kappa shape index (κ3) is 2.85. The SMILES string of the molecule is O=C(CN1C(=O)NC2(CCCC2)C1=O)NCC1=CCNCC1. The van der Waals surface area contributed by atoms with E-state index < -0.39 is 11.6 Å². The summed E-state index contributed by atoms with van der Waals surface area (Å²) in [7, 11) is 0. The molecule has 1 saturated carbocycles. The molecule has 2 fully saturated rings. The quantitative estimate of drug-likeness (QED) is 0.499. The Morgan fingerprint density at radius 1 is 1.32 bits per heavy atom. The molecule has 0 aromatic rings. The van der Waals surface area contributed by atoms with Crippen LogP contribution in [-0.2, 0) is 9.59 Å². The Morgan fingerprint density at radius 3 is 2.77 bits per heavy atom. The zero-order valence-corrected chi connectivity index (χ0v) is 12.6. The molecule has 0 bridgehead atoms. The molecule has 3 aliphatic rings. The minimum absolute atomic E-state index is 0.196. The highest BCUT2D eigenvalue weighted by Crippen LogP contribution is 2.34. The molecule has 1 spiro atoms. The monoisotopic (exact) mass is 306 g/mol. The highest BCUT2D eigenvalue weighted by Gasteiger charge is 2.52. The molecule has 7 nitrogen and oxygen atoms in total. The number of hydrogen-bond donors (Lipinski definition) is 3. The van der Waals surface area contributed by atoms with Crippen molar-refractivity contribution < 1.29 is 14.4 Å². The lowest BCUT2D eigenvalue weighted by molar-refractivity contribution is -0.134. The number of carbonyl (C=O) groups excluding carboxylic acids is 3. The van der Waals surface area contributed by atoms with Gasteiger partial charge in [0.25, 0.3) is 5.91 Å². The molecule has 0 aromatic heterocycles. The fraction of sp³-hybridized carbons (Fsp3) is 0.667. The number of nitrogens with zero attached hydrogens (tertiary/aromatic N) is 1. The summed E-state index contributed by atoms with van der Waals surface area (Å²) in [6.45, 7) is 2.02. The van der Waals surface area contributed by atoms with Gasteiger partial charge in [-0.15, -0.1) is 0 Å². The van der Waals surface area contributed by atoms with Gasteiger partial charge in [-0.3, -0.25) is 14.5 Å². The van der Waals surface area contributed by atoms with Crippen LogP contribution in [0.25, 0.3) is 0 Å². The van der Waals surface area contributed by atoms with Gasteiger partial charge in [0.15, 0.2) is 0 Å². The van der Waals surface area contributed by atoms with Crippen LogP contribution in [-0.4, -0.2) is 54.5 Å². The Kier molecular flexibility index (Phi) is 4.15. The van der Waals surface area contributed by atoms with Crippen molar-refractivity contribution in [2.45, 2.75) is 37.6 Å². The lowest BCUT2D eigenvalue weighted by atomic mass is 9.98. The van der Waals surface area contributed by atoms with Gasteiger partial charge in [0, 0.05) is 13.1 Å². The first-order valence-electron chi connectivity index (χ1n) is 7.90. The molecule has 0 atom stereocenters. The lowest BCUT2D eigenvalue weighted by Crippen LogP contribution is -2.45. The smallest absolute Gasteiger partial charge is 0.325 e. The van der Waals surface area contributed by atoms with Crippen molar-refractivity contribution in [2.24, 2.45) is 0 Å². The standard InChI is InChI=1S/C15H22N4O3/c20-12(17-9-11-3-7-16-8-4-11)10-19-13(21)15(18-14(19)22)5-1-2-6-15/h3,16H,1-2,4-10H2,(H,17,20)(H,18,22).